The Labute approximate surface area is 159 Å². The van der Waals surface area contributed by atoms with Gasteiger partial charge in [-0.05, 0) is 91.5 Å². The quantitative estimate of drug-likeness (QED) is 0.564. The summed E-state index contributed by atoms with van der Waals surface area (Å²) in [5.74, 6) is 1.54. The van der Waals surface area contributed by atoms with Crippen LogP contribution >= 0.6 is 15.9 Å². The fraction of sp³-hybridized carbons (Fsp3) is 0.455. The number of rotatable bonds is 5. The molecule has 0 N–H and O–H groups in total. The molecule has 0 saturated heterocycles. The fourth-order valence-corrected chi connectivity index (χ4v) is 4.76. The van der Waals surface area contributed by atoms with Crippen LogP contribution in [0, 0.1) is 13.8 Å². The van der Waals surface area contributed by atoms with E-state index < -0.39 is 0 Å². The van der Waals surface area contributed by atoms with Gasteiger partial charge in [0.2, 0.25) is 0 Å². The van der Waals surface area contributed by atoms with Crippen molar-refractivity contribution < 1.29 is 9.47 Å². The van der Waals surface area contributed by atoms with Crippen LogP contribution in [0.3, 0.4) is 0 Å². The third-order valence-corrected chi connectivity index (χ3v) is 5.79. The number of benzene rings is 2. The van der Waals surface area contributed by atoms with Gasteiger partial charge < -0.3 is 9.47 Å². The van der Waals surface area contributed by atoms with Crippen molar-refractivity contribution in [3.8, 4) is 5.75 Å². The molecule has 0 bridgehead atoms. The van der Waals surface area contributed by atoms with Gasteiger partial charge in [0.25, 0.3) is 0 Å². The summed E-state index contributed by atoms with van der Waals surface area (Å²) in [6.45, 7) is 7.04. The monoisotopic (exact) mass is 402 g/mol. The van der Waals surface area contributed by atoms with E-state index in [4.69, 9.17) is 9.47 Å². The van der Waals surface area contributed by atoms with E-state index in [0.717, 1.165) is 23.1 Å². The van der Waals surface area contributed by atoms with Gasteiger partial charge >= 0.3 is 0 Å². The largest absolute Gasteiger partial charge is 0.467 e. The Kier molecular flexibility index (Phi) is 5.85. The summed E-state index contributed by atoms with van der Waals surface area (Å²) < 4.78 is 12.1. The zero-order chi connectivity index (χ0) is 18.0. The van der Waals surface area contributed by atoms with Crippen molar-refractivity contribution >= 4 is 15.9 Å². The summed E-state index contributed by atoms with van der Waals surface area (Å²) in [6.07, 6.45) is 4.63. The molecule has 0 fully saturated rings. The maximum atomic E-state index is 5.86. The summed E-state index contributed by atoms with van der Waals surface area (Å²) in [7, 11) is 1.67. The first-order valence-electron chi connectivity index (χ1n) is 9.03. The number of methoxy groups -OCH3 is 1. The first-order valence-corrected chi connectivity index (χ1v) is 9.82. The molecular formula is C22H27BrO2. The lowest BCUT2D eigenvalue weighted by Crippen LogP contribution is -2.14. The molecule has 2 aromatic carbocycles. The highest BCUT2D eigenvalue weighted by Crippen LogP contribution is 2.40. The molecule has 0 radical (unpaired) electrons. The molecule has 25 heavy (non-hydrogen) atoms. The predicted molar refractivity (Wildman–Crippen MR) is 107 cm³/mol. The van der Waals surface area contributed by atoms with Gasteiger partial charge in [0.15, 0.2) is 6.79 Å². The molecule has 1 atom stereocenters. The van der Waals surface area contributed by atoms with Crippen molar-refractivity contribution in [2.45, 2.75) is 52.4 Å². The molecule has 0 spiro atoms. The van der Waals surface area contributed by atoms with Crippen molar-refractivity contribution in [2.24, 2.45) is 0 Å². The average Bonchev–Trinajstić information content (AvgIpc) is 2.57. The number of fused-ring (bicyclic) bond motifs is 1. The second kappa shape index (κ2) is 7.92. The molecule has 0 saturated carbocycles. The highest BCUT2D eigenvalue weighted by Gasteiger charge is 2.24. The minimum absolute atomic E-state index is 0.309. The van der Waals surface area contributed by atoms with Crippen LogP contribution in [0.2, 0.25) is 0 Å². The highest BCUT2D eigenvalue weighted by atomic mass is 79.9. The van der Waals surface area contributed by atoms with E-state index in [9.17, 15) is 0 Å². The van der Waals surface area contributed by atoms with Crippen LogP contribution in [0.1, 0.15) is 59.1 Å². The lowest BCUT2D eigenvalue weighted by atomic mass is 9.79. The van der Waals surface area contributed by atoms with Crippen LogP contribution in [0.25, 0.3) is 0 Å². The van der Waals surface area contributed by atoms with Gasteiger partial charge in [0.1, 0.15) is 5.75 Å². The molecule has 0 heterocycles. The van der Waals surface area contributed by atoms with Crippen LogP contribution in [0.5, 0.6) is 5.75 Å². The van der Waals surface area contributed by atoms with Crippen molar-refractivity contribution in [3.63, 3.8) is 0 Å². The molecule has 3 rings (SSSR count). The lowest BCUT2D eigenvalue weighted by molar-refractivity contribution is 0.0500. The summed E-state index contributed by atoms with van der Waals surface area (Å²) >= 11 is 3.61. The fourth-order valence-electron chi connectivity index (χ4n) is 4.08. The lowest BCUT2D eigenvalue weighted by Gasteiger charge is -2.28. The molecule has 2 aromatic rings. The second-order valence-corrected chi connectivity index (χ2v) is 8.07. The Hall–Kier alpha value is -1.32. The summed E-state index contributed by atoms with van der Waals surface area (Å²) in [6, 6.07) is 8.82. The van der Waals surface area contributed by atoms with Gasteiger partial charge in [-0.15, -0.1) is 0 Å². The molecule has 1 aliphatic carbocycles. The third-order valence-electron chi connectivity index (χ3n) is 5.33. The van der Waals surface area contributed by atoms with Crippen molar-refractivity contribution in [2.75, 3.05) is 13.9 Å². The molecular weight excluding hydrogens is 376 g/mol. The first-order chi connectivity index (χ1) is 12.0. The molecule has 0 aromatic heterocycles. The van der Waals surface area contributed by atoms with Gasteiger partial charge in [0, 0.05) is 17.1 Å². The van der Waals surface area contributed by atoms with Crippen molar-refractivity contribution in [1.82, 2.24) is 0 Å². The van der Waals surface area contributed by atoms with Crippen molar-refractivity contribution in [3.05, 3.63) is 62.1 Å². The zero-order valence-electron chi connectivity index (χ0n) is 15.6. The van der Waals surface area contributed by atoms with Crippen LogP contribution in [-0.2, 0) is 17.6 Å². The number of ether oxygens (including phenoxy) is 2. The van der Waals surface area contributed by atoms with E-state index in [1.54, 1.807) is 7.11 Å². The second-order valence-electron chi connectivity index (χ2n) is 7.15. The zero-order valence-corrected chi connectivity index (χ0v) is 17.2. The Morgan fingerprint density at radius 3 is 2.56 bits per heavy atom. The van der Waals surface area contributed by atoms with Crippen LogP contribution in [0.15, 0.2) is 28.7 Å². The summed E-state index contributed by atoms with van der Waals surface area (Å²) in [4.78, 5) is 0. The summed E-state index contributed by atoms with van der Waals surface area (Å²) in [5.41, 5.74) is 8.48. The van der Waals surface area contributed by atoms with E-state index >= 15 is 0 Å². The average molecular weight is 403 g/mol. The molecule has 1 aliphatic rings. The summed E-state index contributed by atoms with van der Waals surface area (Å²) in [5, 5.41) is 0. The van der Waals surface area contributed by atoms with Gasteiger partial charge in [-0.3, -0.25) is 0 Å². The van der Waals surface area contributed by atoms with Crippen LogP contribution in [0.4, 0.5) is 0 Å². The Morgan fingerprint density at radius 1 is 1.16 bits per heavy atom. The van der Waals surface area contributed by atoms with Gasteiger partial charge in [-0.25, -0.2) is 0 Å². The maximum absolute atomic E-state index is 5.86. The predicted octanol–water partition coefficient (Wildman–Crippen LogP) is 6.08. The third kappa shape index (κ3) is 3.93. The maximum Gasteiger partial charge on any atom is 0.188 e. The minimum Gasteiger partial charge on any atom is -0.467 e. The molecule has 0 aliphatic heterocycles. The Balaban J connectivity index is 2.02. The van der Waals surface area contributed by atoms with Crippen LogP contribution < -0.4 is 4.74 Å². The number of hydrogen-bond acceptors (Lipinski definition) is 2. The molecule has 1 unspecified atom stereocenters. The first kappa shape index (κ1) is 18.5. The van der Waals surface area contributed by atoms with Crippen molar-refractivity contribution in [1.29, 1.82) is 0 Å². The molecule has 134 valence electrons. The topological polar surface area (TPSA) is 18.5 Å². The number of aryl methyl sites for hydroxylation is 2. The Morgan fingerprint density at radius 2 is 1.88 bits per heavy atom. The normalized spacial score (nSPS) is 16.6. The molecule has 3 heteroatoms. The Bertz CT molecular complexity index is 744. The SMILES string of the molecule is COCOc1ccc(Cc2c(C)cc(Br)cc2C)c2c1C(C)CCC2. The van der Waals surface area contributed by atoms with E-state index in [1.165, 1.54) is 46.2 Å². The van der Waals surface area contributed by atoms with E-state index in [-0.39, 0.29) is 0 Å². The van der Waals surface area contributed by atoms with E-state index in [0.29, 0.717) is 12.7 Å². The van der Waals surface area contributed by atoms with E-state index in [2.05, 4.69) is 61.0 Å². The minimum atomic E-state index is 0.309. The smallest absolute Gasteiger partial charge is 0.188 e. The highest BCUT2D eigenvalue weighted by molar-refractivity contribution is 9.10. The van der Waals surface area contributed by atoms with Gasteiger partial charge in [0.05, 0.1) is 0 Å². The number of hydrogen-bond donors (Lipinski definition) is 0. The van der Waals surface area contributed by atoms with E-state index in [1.807, 2.05) is 0 Å². The van der Waals surface area contributed by atoms with Gasteiger partial charge in [-0.2, -0.15) is 0 Å². The van der Waals surface area contributed by atoms with Gasteiger partial charge in [-0.1, -0.05) is 28.9 Å². The molecule has 0 amide bonds. The van der Waals surface area contributed by atoms with Crippen LogP contribution in [-0.4, -0.2) is 13.9 Å². The standard InChI is InChI=1S/C22H27BrO2/c1-14-6-5-7-19-17(8-9-21(22(14)19)25-13-24-4)12-20-15(2)10-18(23)11-16(20)3/h8-11,14H,5-7,12-13H2,1-4H3. The number of halogens is 1. The molecule has 2 nitrogen and oxygen atoms in total.